The monoisotopic (exact) mass is 586 g/mol. The second kappa shape index (κ2) is 17.9. The molecule has 2 amide bonds. The predicted molar refractivity (Wildman–Crippen MR) is 144 cm³/mol. The number of ether oxygens (including phenoxy) is 4. The lowest BCUT2D eigenvalue weighted by atomic mass is 9.82. The lowest BCUT2D eigenvalue weighted by Gasteiger charge is -2.43. The molecule has 2 fully saturated rings. The lowest BCUT2D eigenvalue weighted by Crippen LogP contribution is -2.61. The van der Waals surface area contributed by atoms with Crippen LogP contribution in [0.3, 0.4) is 0 Å². The number of amides is 2. The van der Waals surface area contributed by atoms with Crippen LogP contribution >= 0.6 is 0 Å². The van der Waals surface area contributed by atoms with E-state index in [4.69, 9.17) is 30.0 Å². The molecule has 41 heavy (non-hydrogen) atoms. The van der Waals surface area contributed by atoms with E-state index in [1.807, 2.05) is 13.8 Å². The molecule has 17 heteroatoms. The average molecular weight is 587 g/mol. The van der Waals surface area contributed by atoms with Crippen LogP contribution in [-0.2, 0) is 38.1 Å². The van der Waals surface area contributed by atoms with Crippen molar-refractivity contribution in [3.8, 4) is 0 Å². The molecule has 10 atom stereocenters. The van der Waals surface area contributed by atoms with Crippen LogP contribution in [0, 0.1) is 17.8 Å². The van der Waals surface area contributed by atoms with E-state index in [2.05, 4.69) is 30.7 Å². The highest BCUT2D eigenvalue weighted by atomic mass is 16.7. The van der Waals surface area contributed by atoms with Gasteiger partial charge in [0.15, 0.2) is 0 Å². The fourth-order valence-electron chi connectivity index (χ4n) is 4.42. The van der Waals surface area contributed by atoms with E-state index in [0.717, 1.165) is 0 Å². The van der Waals surface area contributed by atoms with Crippen LogP contribution in [0.4, 0.5) is 0 Å². The third kappa shape index (κ3) is 11.8. The van der Waals surface area contributed by atoms with Crippen molar-refractivity contribution >= 4 is 23.8 Å². The molecule has 2 heterocycles. The first-order chi connectivity index (χ1) is 18.7. The molecule has 0 aromatic carbocycles. The maximum atomic E-state index is 11.3. The standard InChI is InChI=1S/C12H20N4O4.C11H18N4O5.CH4/c1-6-7(2)11(15-8(3)17)12(19-9(4)18)20-10(6)5-14-16-13;1-5-9(14-6(2)16)11(19-7(3)17)20-8(10(5)18)4-13-15-12;/h6-7,10-12H,5H2,1-4H3,(H,15,17);5,8-11,18H,4H2,1-3H3,(H,14,16);1H4. The molecule has 2 aliphatic rings. The Morgan fingerprint density at radius 3 is 1.54 bits per heavy atom. The smallest absolute Gasteiger partial charge is 0.305 e. The van der Waals surface area contributed by atoms with Crippen molar-refractivity contribution < 1.29 is 43.2 Å². The summed E-state index contributed by atoms with van der Waals surface area (Å²) in [4.78, 5) is 50.0. The molecule has 17 nitrogen and oxygen atoms in total. The van der Waals surface area contributed by atoms with Gasteiger partial charge in [0.2, 0.25) is 24.4 Å². The minimum Gasteiger partial charge on any atom is -0.434 e. The van der Waals surface area contributed by atoms with Crippen LogP contribution in [0.1, 0.15) is 55.9 Å². The number of azide groups is 2. The van der Waals surface area contributed by atoms with Crippen molar-refractivity contribution in [2.45, 2.75) is 98.9 Å². The van der Waals surface area contributed by atoms with Crippen molar-refractivity contribution in [2.75, 3.05) is 13.1 Å². The summed E-state index contributed by atoms with van der Waals surface area (Å²) in [7, 11) is 0. The normalized spacial score (nSPS) is 32.1. The van der Waals surface area contributed by atoms with Crippen molar-refractivity contribution in [1.82, 2.24) is 10.6 Å². The highest BCUT2D eigenvalue weighted by molar-refractivity contribution is 5.74. The summed E-state index contributed by atoms with van der Waals surface area (Å²) in [6.45, 7) is 10.8. The molecule has 2 rings (SSSR count). The first-order valence-electron chi connectivity index (χ1n) is 12.6. The summed E-state index contributed by atoms with van der Waals surface area (Å²) in [5.41, 5.74) is 16.7. The summed E-state index contributed by atoms with van der Waals surface area (Å²) >= 11 is 0. The number of nitrogens with zero attached hydrogens (tertiary/aromatic N) is 6. The Hall–Kier alpha value is -3.62. The summed E-state index contributed by atoms with van der Waals surface area (Å²) in [5, 5.41) is 22.3. The van der Waals surface area contributed by atoms with E-state index >= 15 is 0 Å². The molecule has 0 aromatic heterocycles. The number of hydrogen-bond donors (Lipinski definition) is 3. The van der Waals surface area contributed by atoms with Gasteiger partial charge in [-0.3, -0.25) is 19.2 Å². The fraction of sp³-hybridized carbons (Fsp3) is 0.833. The van der Waals surface area contributed by atoms with Gasteiger partial charge in [-0.2, -0.15) is 0 Å². The number of esters is 2. The highest BCUT2D eigenvalue weighted by Gasteiger charge is 2.45. The Kier molecular flexibility index (Phi) is 16.4. The molecule has 0 aromatic rings. The van der Waals surface area contributed by atoms with Crippen LogP contribution < -0.4 is 10.6 Å². The molecule has 10 unspecified atom stereocenters. The third-order valence-electron chi connectivity index (χ3n) is 6.63. The predicted octanol–water partition coefficient (Wildman–Crippen LogP) is 2.08. The molecule has 3 N–H and O–H groups in total. The number of aliphatic hydroxyl groups is 1. The molecule has 0 aliphatic carbocycles. The number of nitrogens with one attached hydrogen (secondary N) is 2. The average Bonchev–Trinajstić information content (AvgIpc) is 2.86. The zero-order valence-corrected chi connectivity index (χ0v) is 23.6. The molecular weight excluding hydrogens is 544 g/mol. The summed E-state index contributed by atoms with van der Waals surface area (Å²) < 4.78 is 21.2. The second-order valence-corrected chi connectivity index (χ2v) is 9.65. The minimum atomic E-state index is -1.03. The van der Waals surface area contributed by atoms with Gasteiger partial charge < -0.3 is 34.7 Å². The maximum absolute atomic E-state index is 11.3. The third-order valence-corrected chi connectivity index (χ3v) is 6.63. The van der Waals surface area contributed by atoms with Gasteiger partial charge in [-0.15, -0.1) is 0 Å². The zero-order chi connectivity index (χ0) is 30.6. The van der Waals surface area contributed by atoms with Gasteiger partial charge in [0.1, 0.15) is 0 Å². The lowest BCUT2D eigenvalue weighted by molar-refractivity contribution is -0.242. The summed E-state index contributed by atoms with van der Waals surface area (Å²) in [6, 6.07) is -1.09. The quantitative estimate of drug-likeness (QED) is 0.163. The summed E-state index contributed by atoms with van der Waals surface area (Å²) in [5.74, 6) is -1.99. The Morgan fingerprint density at radius 1 is 0.756 bits per heavy atom. The first-order valence-corrected chi connectivity index (χ1v) is 12.6. The molecule has 232 valence electrons. The van der Waals surface area contributed by atoms with Crippen LogP contribution in [-0.4, -0.2) is 84.9 Å². The second-order valence-electron chi connectivity index (χ2n) is 9.65. The van der Waals surface area contributed by atoms with Crippen molar-refractivity contribution in [1.29, 1.82) is 0 Å². The van der Waals surface area contributed by atoms with E-state index in [0.29, 0.717) is 0 Å². The SMILES string of the molecule is C.CC(=O)NC1C(OC(C)=O)OC(CN=[N+]=[N-])C(C)C1C.CC(=O)NC1C(OC(C)=O)OC(CN=[N+]=[N-])C(O)C1C. The van der Waals surface area contributed by atoms with E-state index in [1.165, 1.54) is 27.7 Å². The number of carbonyl (C=O) groups excluding carboxylic acids is 4. The molecule has 2 saturated heterocycles. The van der Waals surface area contributed by atoms with E-state index in [9.17, 15) is 24.3 Å². The molecule has 2 aliphatic heterocycles. The Labute approximate surface area is 238 Å². The molecule has 0 spiro atoms. The van der Waals surface area contributed by atoms with Gasteiger partial charge in [0, 0.05) is 43.4 Å². The number of rotatable bonds is 8. The van der Waals surface area contributed by atoms with Crippen molar-refractivity contribution in [3.63, 3.8) is 0 Å². The Balaban J connectivity index is 0.000000762. The van der Waals surface area contributed by atoms with Gasteiger partial charge in [-0.25, -0.2) is 0 Å². The van der Waals surface area contributed by atoms with Gasteiger partial charge >= 0.3 is 11.9 Å². The Bertz CT molecular complexity index is 924. The van der Waals surface area contributed by atoms with Crippen LogP contribution in [0.15, 0.2) is 10.2 Å². The number of aliphatic hydroxyl groups excluding tert-OH is 1. The largest absolute Gasteiger partial charge is 0.434 e. The van der Waals surface area contributed by atoms with Crippen LogP contribution in [0.2, 0.25) is 0 Å². The van der Waals surface area contributed by atoms with Gasteiger partial charge in [-0.1, -0.05) is 38.4 Å². The molecule has 0 radical (unpaired) electrons. The molecule has 0 saturated carbocycles. The molecule has 0 bridgehead atoms. The van der Waals surface area contributed by atoms with E-state index < -0.39 is 54.7 Å². The van der Waals surface area contributed by atoms with Crippen LogP contribution in [0.25, 0.3) is 20.9 Å². The van der Waals surface area contributed by atoms with E-state index in [1.54, 1.807) is 6.92 Å². The number of hydrogen-bond acceptors (Lipinski definition) is 11. The first kappa shape index (κ1) is 37.4. The fourth-order valence-corrected chi connectivity index (χ4v) is 4.42. The van der Waals surface area contributed by atoms with Gasteiger partial charge in [0.25, 0.3) is 0 Å². The molecular formula is C24H42N8O9. The highest BCUT2D eigenvalue weighted by Crippen LogP contribution is 2.32. The van der Waals surface area contributed by atoms with Crippen LogP contribution in [0.5, 0.6) is 0 Å². The minimum absolute atomic E-state index is 0. The van der Waals surface area contributed by atoms with Gasteiger partial charge in [0.05, 0.1) is 43.5 Å². The summed E-state index contributed by atoms with van der Waals surface area (Å²) in [6.07, 6.45) is -4.01. The Morgan fingerprint density at radius 2 is 1.15 bits per heavy atom. The topological polar surface area (TPSA) is 247 Å². The zero-order valence-electron chi connectivity index (χ0n) is 23.6. The number of carbonyl (C=O) groups is 4. The van der Waals surface area contributed by atoms with Crippen molar-refractivity contribution in [3.05, 3.63) is 20.9 Å². The van der Waals surface area contributed by atoms with Gasteiger partial charge in [-0.05, 0) is 22.9 Å². The van der Waals surface area contributed by atoms with Crippen molar-refractivity contribution in [2.24, 2.45) is 28.0 Å². The van der Waals surface area contributed by atoms with E-state index in [-0.39, 0.29) is 50.3 Å². The maximum Gasteiger partial charge on any atom is 0.305 e.